The molecule has 0 aliphatic rings. The Bertz CT molecular complexity index is 1450. The van der Waals surface area contributed by atoms with Crippen molar-refractivity contribution in [2.45, 2.75) is 50.6 Å². The molecule has 9 nitrogen and oxygen atoms in total. The van der Waals surface area contributed by atoms with Crippen LogP contribution in [0, 0.1) is 0 Å². The number of oxazole rings is 1. The first-order valence-electron chi connectivity index (χ1n) is 12.6. The van der Waals surface area contributed by atoms with E-state index in [0.717, 1.165) is 10.4 Å². The molecule has 2 aromatic heterocycles. The molecule has 0 spiro atoms. The lowest BCUT2D eigenvalue weighted by atomic mass is 10.0. The summed E-state index contributed by atoms with van der Waals surface area (Å²) in [5.74, 6) is -0.523. The van der Waals surface area contributed by atoms with Crippen LogP contribution in [0.15, 0.2) is 70.5 Å². The van der Waals surface area contributed by atoms with Crippen LogP contribution in [0.3, 0.4) is 0 Å². The summed E-state index contributed by atoms with van der Waals surface area (Å²) in [6.07, 6.45) is -0.688. The Balaban J connectivity index is 1.48. The number of nitrogens with zero attached hydrogens (tertiary/aromatic N) is 1. The van der Waals surface area contributed by atoms with Crippen molar-refractivity contribution >= 4 is 52.2 Å². The predicted molar refractivity (Wildman–Crippen MR) is 156 cm³/mol. The zero-order valence-corrected chi connectivity index (χ0v) is 24.0. The van der Waals surface area contributed by atoms with Crippen molar-refractivity contribution in [2.24, 2.45) is 0 Å². The minimum absolute atomic E-state index is 0.0890. The molecule has 210 valence electrons. The number of aromatic nitrogens is 1. The number of ether oxygens (including phenoxy) is 1. The van der Waals surface area contributed by atoms with Gasteiger partial charge < -0.3 is 24.9 Å². The number of amides is 2. The standard InChI is InChI=1S/C29H31N3O6S2/c1-29(2,3)38-28(36)32-21(25(33)30-22(27(34)35)17-39-16-18-8-5-4-6-9-18)15-19-11-12-23-20(14-19)31-26(37-23)24-10-7-13-40-24/h4-14,21-22H,15-17H2,1-3H3,(H,30,33)(H,32,36)(H,34,35)/t21-,22-/m0/s1. The van der Waals surface area contributed by atoms with Crippen LogP contribution in [0.25, 0.3) is 21.9 Å². The summed E-state index contributed by atoms with van der Waals surface area (Å²) in [7, 11) is 0. The van der Waals surface area contributed by atoms with Gasteiger partial charge in [-0.15, -0.1) is 11.3 Å². The molecule has 4 rings (SSSR count). The van der Waals surface area contributed by atoms with E-state index in [2.05, 4.69) is 15.6 Å². The van der Waals surface area contributed by atoms with E-state index >= 15 is 0 Å². The van der Waals surface area contributed by atoms with Crippen LogP contribution >= 0.6 is 23.1 Å². The van der Waals surface area contributed by atoms with E-state index in [0.29, 0.717) is 28.3 Å². The molecule has 0 saturated heterocycles. The number of hydrogen-bond donors (Lipinski definition) is 3. The fraction of sp³-hybridized carbons (Fsp3) is 0.310. The summed E-state index contributed by atoms with van der Waals surface area (Å²) in [5.41, 5.74) is 2.19. The Hall–Kier alpha value is -3.83. The lowest BCUT2D eigenvalue weighted by molar-refractivity contribution is -0.141. The van der Waals surface area contributed by atoms with Crippen LogP contribution in [0.1, 0.15) is 31.9 Å². The summed E-state index contributed by atoms with van der Waals surface area (Å²) in [4.78, 5) is 43.3. The largest absolute Gasteiger partial charge is 0.480 e. The lowest BCUT2D eigenvalue weighted by Gasteiger charge is -2.24. The maximum absolute atomic E-state index is 13.3. The fourth-order valence-corrected chi connectivity index (χ4v) is 5.47. The smallest absolute Gasteiger partial charge is 0.408 e. The third-order valence-electron chi connectivity index (χ3n) is 5.64. The predicted octanol–water partition coefficient (Wildman–Crippen LogP) is 5.49. The van der Waals surface area contributed by atoms with Gasteiger partial charge in [-0.1, -0.05) is 42.5 Å². The van der Waals surface area contributed by atoms with Gasteiger partial charge in [-0.25, -0.2) is 14.6 Å². The number of aliphatic carboxylic acids is 1. The minimum atomic E-state index is -1.16. The number of carboxylic acids is 1. The maximum atomic E-state index is 13.3. The molecular weight excluding hydrogens is 550 g/mol. The molecule has 2 aromatic carbocycles. The van der Waals surface area contributed by atoms with Crippen molar-refractivity contribution in [1.29, 1.82) is 0 Å². The minimum Gasteiger partial charge on any atom is -0.480 e. The second kappa shape index (κ2) is 13.0. The van der Waals surface area contributed by atoms with E-state index in [1.54, 1.807) is 39.0 Å². The summed E-state index contributed by atoms with van der Waals surface area (Å²) in [6, 6.07) is 16.6. The molecule has 0 aliphatic carbocycles. The summed E-state index contributed by atoms with van der Waals surface area (Å²) < 4.78 is 11.2. The number of nitrogens with one attached hydrogen (secondary N) is 2. The Morgan fingerprint density at radius 1 is 1.02 bits per heavy atom. The van der Waals surface area contributed by atoms with E-state index in [1.165, 1.54) is 23.1 Å². The highest BCUT2D eigenvalue weighted by Crippen LogP contribution is 2.28. The Kier molecular flexibility index (Phi) is 9.49. The quantitative estimate of drug-likeness (QED) is 0.212. The molecule has 0 radical (unpaired) electrons. The van der Waals surface area contributed by atoms with Gasteiger partial charge >= 0.3 is 12.1 Å². The van der Waals surface area contributed by atoms with Crippen LogP contribution in [-0.4, -0.2) is 51.5 Å². The number of benzene rings is 2. The number of alkyl carbamates (subject to hydrolysis) is 1. The zero-order chi connectivity index (χ0) is 28.7. The van der Waals surface area contributed by atoms with Gasteiger partial charge in [0.1, 0.15) is 23.2 Å². The average Bonchev–Trinajstić information content (AvgIpc) is 3.57. The fourth-order valence-electron chi connectivity index (χ4n) is 3.82. The first-order valence-corrected chi connectivity index (χ1v) is 14.7. The van der Waals surface area contributed by atoms with Gasteiger partial charge in [0.15, 0.2) is 5.58 Å². The number of fused-ring (bicyclic) bond motifs is 1. The Morgan fingerprint density at radius 2 is 1.80 bits per heavy atom. The molecule has 0 saturated carbocycles. The van der Waals surface area contributed by atoms with Crippen molar-refractivity contribution < 1.29 is 28.6 Å². The first kappa shape index (κ1) is 29.2. The second-order valence-electron chi connectivity index (χ2n) is 10.1. The Labute approximate surface area is 240 Å². The molecule has 0 bridgehead atoms. The van der Waals surface area contributed by atoms with E-state index in [4.69, 9.17) is 9.15 Å². The average molecular weight is 582 g/mol. The molecule has 2 amide bonds. The number of hydrogen-bond acceptors (Lipinski definition) is 8. The van der Waals surface area contributed by atoms with Crippen molar-refractivity contribution in [3.05, 3.63) is 77.2 Å². The number of rotatable bonds is 11. The number of thiophene rings is 1. The van der Waals surface area contributed by atoms with Crippen molar-refractivity contribution in [3.63, 3.8) is 0 Å². The molecule has 11 heteroatoms. The molecule has 2 heterocycles. The van der Waals surface area contributed by atoms with Crippen LogP contribution in [-0.2, 0) is 26.5 Å². The van der Waals surface area contributed by atoms with Gasteiger partial charge in [-0.2, -0.15) is 11.8 Å². The Morgan fingerprint density at radius 3 is 2.48 bits per heavy atom. The van der Waals surface area contributed by atoms with Gasteiger partial charge in [-0.05, 0) is 55.5 Å². The number of thioether (sulfide) groups is 1. The van der Waals surface area contributed by atoms with Crippen molar-refractivity contribution in [1.82, 2.24) is 15.6 Å². The third-order valence-corrected chi connectivity index (χ3v) is 7.61. The van der Waals surface area contributed by atoms with E-state index in [-0.39, 0.29) is 12.2 Å². The van der Waals surface area contributed by atoms with E-state index in [9.17, 15) is 19.5 Å². The summed E-state index contributed by atoms with van der Waals surface area (Å²) in [6.45, 7) is 5.15. The zero-order valence-electron chi connectivity index (χ0n) is 22.4. The first-order chi connectivity index (χ1) is 19.1. The van der Waals surface area contributed by atoms with Crippen molar-refractivity contribution in [2.75, 3.05) is 5.75 Å². The van der Waals surface area contributed by atoms with Crippen LogP contribution in [0.2, 0.25) is 0 Å². The molecule has 0 unspecified atom stereocenters. The van der Waals surface area contributed by atoms with Crippen LogP contribution < -0.4 is 10.6 Å². The second-order valence-corrected chi connectivity index (χ2v) is 12.1. The molecular formula is C29H31N3O6S2. The van der Waals surface area contributed by atoms with Crippen LogP contribution in [0.4, 0.5) is 4.79 Å². The number of carbonyl (C=O) groups is 3. The van der Waals surface area contributed by atoms with Gasteiger partial charge in [0.2, 0.25) is 11.8 Å². The highest BCUT2D eigenvalue weighted by atomic mass is 32.2. The SMILES string of the molecule is CC(C)(C)OC(=O)N[C@@H](Cc1ccc2oc(-c3cccs3)nc2c1)C(=O)N[C@@H](CSCc1ccccc1)C(=O)O. The number of carbonyl (C=O) groups excluding carboxylic acids is 2. The van der Waals surface area contributed by atoms with Gasteiger partial charge in [0.05, 0.1) is 4.88 Å². The van der Waals surface area contributed by atoms with Crippen molar-refractivity contribution in [3.8, 4) is 10.8 Å². The molecule has 0 aliphatic heterocycles. The topological polar surface area (TPSA) is 131 Å². The van der Waals surface area contributed by atoms with Crippen LogP contribution in [0.5, 0.6) is 0 Å². The van der Waals surface area contributed by atoms with E-state index in [1.807, 2.05) is 47.8 Å². The number of carboxylic acid groups (broad SMARTS) is 1. The van der Waals surface area contributed by atoms with Gasteiger partial charge in [-0.3, -0.25) is 4.79 Å². The third kappa shape index (κ3) is 8.33. The lowest BCUT2D eigenvalue weighted by Crippen LogP contribution is -2.53. The molecule has 2 atom stereocenters. The van der Waals surface area contributed by atoms with Gasteiger partial charge in [0.25, 0.3) is 0 Å². The molecule has 0 fully saturated rings. The van der Waals surface area contributed by atoms with E-state index < -0.39 is 35.7 Å². The highest BCUT2D eigenvalue weighted by Gasteiger charge is 2.29. The maximum Gasteiger partial charge on any atom is 0.408 e. The molecule has 3 N–H and O–H groups in total. The monoisotopic (exact) mass is 581 g/mol. The molecule has 4 aromatic rings. The normalized spacial score (nSPS) is 13.0. The highest BCUT2D eigenvalue weighted by molar-refractivity contribution is 7.98. The summed E-state index contributed by atoms with van der Waals surface area (Å²) >= 11 is 2.91. The summed E-state index contributed by atoms with van der Waals surface area (Å²) in [5, 5.41) is 16.9. The van der Waals surface area contributed by atoms with Gasteiger partial charge in [0, 0.05) is 17.9 Å². The molecule has 40 heavy (non-hydrogen) atoms.